The highest BCUT2D eigenvalue weighted by Crippen LogP contribution is 2.29. The summed E-state index contributed by atoms with van der Waals surface area (Å²) in [7, 11) is 1.46. The number of hydrogen-bond donors (Lipinski definition) is 1. The van der Waals surface area contributed by atoms with E-state index in [4.69, 9.17) is 4.74 Å². The van der Waals surface area contributed by atoms with Gasteiger partial charge in [0.1, 0.15) is 5.54 Å². The molecule has 0 radical (unpaired) electrons. The van der Waals surface area contributed by atoms with Gasteiger partial charge in [-0.25, -0.2) is 4.79 Å². The van der Waals surface area contributed by atoms with Crippen LogP contribution in [0.5, 0.6) is 0 Å². The van der Waals surface area contributed by atoms with Crippen molar-refractivity contribution in [1.29, 1.82) is 0 Å². The molecular weight excluding hydrogens is 323 g/mol. The maximum Gasteiger partial charge on any atom is 0.331 e. The molecule has 1 heterocycles. The molecule has 0 unspecified atom stereocenters. The highest BCUT2D eigenvalue weighted by atomic mass is 35.5. The summed E-state index contributed by atoms with van der Waals surface area (Å²) in [4.78, 5) is 14.7. The van der Waals surface area contributed by atoms with Crippen LogP contribution in [0.3, 0.4) is 0 Å². The molecule has 2 rings (SSSR count). The van der Waals surface area contributed by atoms with Crippen molar-refractivity contribution >= 4 is 36.5 Å². The van der Waals surface area contributed by atoms with E-state index < -0.39 is 5.54 Å². The van der Waals surface area contributed by atoms with Crippen LogP contribution in [-0.2, 0) is 9.53 Å². The number of nitrogens with one attached hydrogen (secondary N) is 1. The molecule has 1 fully saturated rings. The van der Waals surface area contributed by atoms with Gasteiger partial charge in [0.2, 0.25) is 0 Å². The number of halogens is 2. The Kier molecular flexibility index (Phi) is 8.83. The fourth-order valence-electron chi connectivity index (χ4n) is 2.80. The van der Waals surface area contributed by atoms with Gasteiger partial charge in [-0.1, -0.05) is 18.2 Å². The first-order chi connectivity index (χ1) is 9.57. The number of carbonyl (C=O) groups excluding carboxylic acids is 1. The monoisotopic (exact) mass is 348 g/mol. The number of carbonyl (C=O) groups is 1. The first-order valence-corrected chi connectivity index (χ1v) is 7.23. The van der Waals surface area contributed by atoms with E-state index >= 15 is 0 Å². The number of rotatable bonds is 4. The van der Waals surface area contributed by atoms with Gasteiger partial charge < -0.3 is 15.0 Å². The molecular formula is C16H26Cl2N2O2. The Labute approximate surface area is 145 Å². The zero-order valence-corrected chi connectivity index (χ0v) is 15.0. The van der Waals surface area contributed by atoms with Crippen LogP contribution < -0.4 is 5.32 Å². The number of ether oxygens (including phenoxy) is 1. The SMILES string of the molecule is COC(=O)C1(Nc2ccccc2)CCN(C(C)C)CC1.Cl.Cl. The molecule has 22 heavy (non-hydrogen) atoms. The Bertz CT molecular complexity index is 447. The molecule has 0 aliphatic carbocycles. The molecule has 1 aliphatic rings. The van der Waals surface area contributed by atoms with Crippen molar-refractivity contribution in [3.63, 3.8) is 0 Å². The summed E-state index contributed by atoms with van der Waals surface area (Å²) in [5, 5.41) is 3.40. The summed E-state index contributed by atoms with van der Waals surface area (Å²) in [5.41, 5.74) is 0.373. The van der Waals surface area contributed by atoms with Crippen LogP contribution in [0.2, 0.25) is 0 Å². The average Bonchev–Trinajstić information content (AvgIpc) is 2.48. The highest BCUT2D eigenvalue weighted by molar-refractivity contribution is 5.86. The van der Waals surface area contributed by atoms with E-state index in [-0.39, 0.29) is 30.8 Å². The lowest BCUT2D eigenvalue weighted by Crippen LogP contribution is -2.56. The van der Waals surface area contributed by atoms with Crippen LogP contribution in [-0.4, -0.2) is 42.6 Å². The van der Waals surface area contributed by atoms with Crippen molar-refractivity contribution < 1.29 is 9.53 Å². The van der Waals surface area contributed by atoms with E-state index in [2.05, 4.69) is 24.1 Å². The molecule has 0 bridgehead atoms. The molecule has 4 nitrogen and oxygen atoms in total. The summed E-state index contributed by atoms with van der Waals surface area (Å²) in [6, 6.07) is 10.4. The number of piperidine rings is 1. The van der Waals surface area contributed by atoms with Crippen molar-refractivity contribution in [3.8, 4) is 0 Å². The van der Waals surface area contributed by atoms with Crippen LogP contribution >= 0.6 is 24.8 Å². The maximum atomic E-state index is 12.3. The second-order valence-electron chi connectivity index (χ2n) is 5.69. The molecule has 0 spiro atoms. The van der Waals surface area contributed by atoms with Crippen molar-refractivity contribution in [2.24, 2.45) is 0 Å². The predicted octanol–water partition coefficient (Wildman–Crippen LogP) is 3.36. The van der Waals surface area contributed by atoms with Gasteiger partial charge in [0.25, 0.3) is 0 Å². The van der Waals surface area contributed by atoms with E-state index in [0.717, 1.165) is 31.6 Å². The molecule has 1 saturated heterocycles. The van der Waals surface area contributed by atoms with Gasteiger partial charge >= 0.3 is 5.97 Å². The summed E-state index contributed by atoms with van der Waals surface area (Å²) >= 11 is 0. The first kappa shape index (κ1) is 21.0. The Morgan fingerprint density at radius 1 is 1.18 bits per heavy atom. The van der Waals surface area contributed by atoms with Gasteiger partial charge in [0, 0.05) is 24.8 Å². The van der Waals surface area contributed by atoms with Gasteiger partial charge in [-0.3, -0.25) is 0 Å². The standard InChI is InChI=1S/C16H24N2O2.2ClH/c1-13(2)18-11-9-16(10-12-18,15(19)20-3)17-14-7-5-4-6-8-14;;/h4-8,13,17H,9-12H2,1-3H3;2*1H. The topological polar surface area (TPSA) is 41.6 Å². The molecule has 0 atom stereocenters. The predicted molar refractivity (Wildman–Crippen MR) is 95.3 cm³/mol. The normalized spacial score (nSPS) is 17.1. The van der Waals surface area contributed by atoms with E-state index in [1.165, 1.54) is 7.11 Å². The Morgan fingerprint density at radius 3 is 2.18 bits per heavy atom. The third-order valence-corrected chi connectivity index (χ3v) is 4.12. The van der Waals surface area contributed by atoms with Crippen molar-refractivity contribution in [2.45, 2.75) is 38.3 Å². The molecule has 6 heteroatoms. The minimum Gasteiger partial charge on any atom is -0.467 e. The van der Waals surface area contributed by atoms with E-state index in [1.54, 1.807) is 0 Å². The van der Waals surface area contributed by atoms with Crippen LogP contribution in [0.1, 0.15) is 26.7 Å². The average molecular weight is 349 g/mol. The number of esters is 1. The summed E-state index contributed by atoms with van der Waals surface area (Å²) < 4.78 is 5.04. The molecule has 0 saturated carbocycles. The van der Waals surface area contributed by atoms with Gasteiger partial charge in [-0.2, -0.15) is 0 Å². The number of benzene rings is 1. The fourth-order valence-corrected chi connectivity index (χ4v) is 2.80. The van der Waals surface area contributed by atoms with E-state index in [1.807, 2.05) is 30.3 Å². The lowest BCUT2D eigenvalue weighted by molar-refractivity contribution is -0.148. The molecule has 1 aliphatic heterocycles. The number of anilines is 1. The summed E-state index contributed by atoms with van der Waals surface area (Å²) in [5.74, 6) is -0.162. The molecule has 1 N–H and O–H groups in total. The van der Waals surface area contributed by atoms with Gasteiger partial charge in [-0.15, -0.1) is 24.8 Å². The van der Waals surface area contributed by atoms with E-state index in [9.17, 15) is 4.79 Å². The van der Waals surface area contributed by atoms with Crippen molar-refractivity contribution in [2.75, 3.05) is 25.5 Å². The lowest BCUT2D eigenvalue weighted by Gasteiger charge is -2.42. The number of methoxy groups -OCH3 is 1. The number of para-hydroxylation sites is 1. The van der Waals surface area contributed by atoms with Gasteiger partial charge in [0.05, 0.1) is 7.11 Å². The third-order valence-electron chi connectivity index (χ3n) is 4.12. The second kappa shape index (κ2) is 9.23. The highest BCUT2D eigenvalue weighted by Gasteiger charge is 2.42. The minimum atomic E-state index is -0.596. The van der Waals surface area contributed by atoms with Crippen LogP contribution in [0.15, 0.2) is 30.3 Å². The van der Waals surface area contributed by atoms with Crippen LogP contribution in [0, 0.1) is 0 Å². The quantitative estimate of drug-likeness (QED) is 0.847. The molecule has 0 aromatic heterocycles. The molecule has 1 aromatic rings. The van der Waals surface area contributed by atoms with Gasteiger partial charge in [0.15, 0.2) is 0 Å². The van der Waals surface area contributed by atoms with Crippen molar-refractivity contribution in [1.82, 2.24) is 4.90 Å². The molecule has 126 valence electrons. The maximum absolute atomic E-state index is 12.3. The number of nitrogens with zero attached hydrogens (tertiary/aromatic N) is 1. The molecule has 0 amide bonds. The summed E-state index contributed by atoms with van der Waals surface area (Å²) in [6.45, 7) is 6.20. The third kappa shape index (κ3) is 4.77. The number of hydrogen-bond acceptors (Lipinski definition) is 4. The Balaban J connectivity index is 0.00000220. The largest absolute Gasteiger partial charge is 0.467 e. The van der Waals surface area contributed by atoms with Crippen LogP contribution in [0.25, 0.3) is 0 Å². The zero-order chi connectivity index (χ0) is 14.6. The number of likely N-dealkylation sites (tertiary alicyclic amines) is 1. The summed E-state index contributed by atoms with van der Waals surface area (Å²) in [6.07, 6.45) is 1.54. The van der Waals surface area contributed by atoms with Crippen molar-refractivity contribution in [3.05, 3.63) is 30.3 Å². The lowest BCUT2D eigenvalue weighted by atomic mass is 9.86. The molecule has 1 aromatic carbocycles. The Hall–Kier alpha value is -0.970. The second-order valence-corrected chi connectivity index (χ2v) is 5.69. The smallest absolute Gasteiger partial charge is 0.331 e. The Morgan fingerprint density at radius 2 is 1.73 bits per heavy atom. The van der Waals surface area contributed by atoms with Crippen LogP contribution in [0.4, 0.5) is 5.69 Å². The first-order valence-electron chi connectivity index (χ1n) is 7.23. The fraction of sp³-hybridized carbons (Fsp3) is 0.562. The van der Waals surface area contributed by atoms with Gasteiger partial charge in [-0.05, 0) is 38.8 Å². The van der Waals surface area contributed by atoms with E-state index in [0.29, 0.717) is 6.04 Å². The minimum absolute atomic E-state index is 0. The zero-order valence-electron chi connectivity index (χ0n) is 13.4.